The van der Waals surface area contributed by atoms with Gasteiger partial charge in [-0.25, -0.2) is 0 Å². The number of anilines is 2. The SMILES string of the molecule is CC(=O)N(CCC(=O)Nc1cccc2cccnc12)c1cc(C)cc(C)c1. The van der Waals surface area contributed by atoms with E-state index in [0.717, 1.165) is 27.7 Å². The van der Waals surface area contributed by atoms with Crippen molar-refractivity contribution in [3.63, 3.8) is 0 Å². The molecule has 0 aliphatic heterocycles. The quantitative estimate of drug-likeness (QED) is 0.739. The number of rotatable bonds is 5. The van der Waals surface area contributed by atoms with E-state index in [1.165, 1.54) is 6.92 Å². The maximum Gasteiger partial charge on any atom is 0.226 e. The lowest BCUT2D eigenvalue weighted by atomic mass is 10.1. The van der Waals surface area contributed by atoms with Crippen LogP contribution in [0.2, 0.25) is 0 Å². The normalized spacial score (nSPS) is 10.6. The van der Waals surface area contributed by atoms with E-state index in [1.54, 1.807) is 11.1 Å². The number of benzene rings is 2. The molecule has 1 heterocycles. The van der Waals surface area contributed by atoms with E-state index in [1.807, 2.05) is 56.3 Å². The number of aryl methyl sites for hydroxylation is 2. The van der Waals surface area contributed by atoms with E-state index in [0.29, 0.717) is 12.2 Å². The number of carbonyl (C=O) groups excluding carboxylic acids is 2. The standard InChI is InChI=1S/C22H23N3O2/c1-15-12-16(2)14-19(13-15)25(17(3)26)11-9-21(27)24-20-8-4-6-18-7-5-10-23-22(18)20/h4-8,10,12-14H,9,11H2,1-3H3,(H,24,27). The van der Waals surface area contributed by atoms with Crippen LogP contribution in [-0.2, 0) is 9.59 Å². The largest absolute Gasteiger partial charge is 0.324 e. The highest BCUT2D eigenvalue weighted by molar-refractivity contribution is 6.01. The first-order chi connectivity index (χ1) is 12.9. The second-order valence-corrected chi connectivity index (χ2v) is 6.70. The summed E-state index contributed by atoms with van der Waals surface area (Å²) in [5, 5.41) is 3.88. The van der Waals surface area contributed by atoms with Crippen LogP contribution in [0.3, 0.4) is 0 Å². The van der Waals surface area contributed by atoms with Crippen LogP contribution in [0.5, 0.6) is 0 Å². The van der Waals surface area contributed by atoms with Crippen molar-refractivity contribution >= 4 is 34.1 Å². The van der Waals surface area contributed by atoms with Gasteiger partial charge >= 0.3 is 0 Å². The summed E-state index contributed by atoms with van der Waals surface area (Å²) in [5.74, 6) is -0.233. The van der Waals surface area contributed by atoms with E-state index < -0.39 is 0 Å². The Morgan fingerprint density at radius 3 is 2.44 bits per heavy atom. The lowest BCUT2D eigenvalue weighted by Crippen LogP contribution is -2.32. The van der Waals surface area contributed by atoms with Crippen LogP contribution in [0, 0.1) is 13.8 Å². The van der Waals surface area contributed by atoms with Crippen LogP contribution in [0.25, 0.3) is 10.9 Å². The zero-order valence-electron chi connectivity index (χ0n) is 15.8. The molecule has 1 N–H and O–H groups in total. The van der Waals surface area contributed by atoms with Gasteiger partial charge in [-0.2, -0.15) is 0 Å². The molecule has 3 aromatic rings. The third-order valence-electron chi connectivity index (χ3n) is 4.37. The number of nitrogens with zero attached hydrogens (tertiary/aromatic N) is 2. The average Bonchev–Trinajstić information content (AvgIpc) is 2.61. The van der Waals surface area contributed by atoms with Crippen molar-refractivity contribution in [1.82, 2.24) is 4.98 Å². The molecule has 0 spiro atoms. The predicted molar refractivity (Wildman–Crippen MR) is 109 cm³/mol. The molecule has 0 fully saturated rings. The van der Waals surface area contributed by atoms with E-state index in [-0.39, 0.29) is 18.2 Å². The molecule has 0 bridgehead atoms. The van der Waals surface area contributed by atoms with Crippen molar-refractivity contribution in [3.8, 4) is 0 Å². The van der Waals surface area contributed by atoms with E-state index >= 15 is 0 Å². The summed E-state index contributed by atoms with van der Waals surface area (Å²) >= 11 is 0. The van der Waals surface area contributed by atoms with Gasteiger partial charge in [-0.05, 0) is 49.2 Å². The zero-order chi connectivity index (χ0) is 19.4. The van der Waals surface area contributed by atoms with Crippen molar-refractivity contribution in [2.75, 3.05) is 16.8 Å². The molecule has 5 nitrogen and oxygen atoms in total. The Bertz CT molecular complexity index is 972. The van der Waals surface area contributed by atoms with Gasteiger partial charge in [0.25, 0.3) is 0 Å². The molecule has 0 saturated heterocycles. The number of para-hydroxylation sites is 1. The number of hydrogen-bond acceptors (Lipinski definition) is 3. The van der Waals surface area contributed by atoms with Gasteiger partial charge in [0.1, 0.15) is 0 Å². The number of fused-ring (bicyclic) bond motifs is 1. The Hall–Kier alpha value is -3.21. The van der Waals surface area contributed by atoms with Crippen molar-refractivity contribution in [2.45, 2.75) is 27.2 Å². The van der Waals surface area contributed by atoms with Crippen LogP contribution in [0.4, 0.5) is 11.4 Å². The van der Waals surface area contributed by atoms with Gasteiger partial charge in [-0.1, -0.05) is 24.3 Å². The summed E-state index contributed by atoms with van der Waals surface area (Å²) in [6, 6.07) is 15.5. The molecule has 1 aromatic heterocycles. The van der Waals surface area contributed by atoms with Crippen LogP contribution in [0.15, 0.2) is 54.7 Å². The summed E-state index contributed by atoms with van der Waals surface area (Å²) in [6.45, 7) is 5.83. The van der Waals surface area contributed by atoms with Crippen molar-refractivity contribution in [1.29, 1.82) is 0 Å². The van der Waals surface area contributed by atoms with E-state index in [4.69, 9.17) is 0 Å². The number of hydrogen-bond donors (Lipinski definition) is 1. The second kappa shape index (κ2) is 7.99. The van der Waals surface area contributed by atoms with Gasteiger partial charge in [-0.3, -0.25) is 14.6 Å². The molecule has 0 saturated carbocycles. The first-order valence-electron chi connectivity index (χ1n) is 8.94. The fraction of sp³-hybridized carbons (Fsp3) is 0.227. The Kier molecular flexibility index (Phi) is 5.50. The van der Waals surface area contributed by atoms with Crippen LogP contribution in [-0.4, -0.2) is 23.3 Å². The van der Waals surface area contributed by atoms with E-state index in [9.17, 15) is 9.59 Å². The van der Waals surface area contributed by atoms with Crippen molar-refractivity contribution in [2.24, 2.45) is 0 Å². The Labute approximate surface area is 159 Å². The third kappa shape index (κ3) is 4.50. The van der Waals surface area contributed by atoms with Gasteiger partial charge in [0, 0.05) is 37.2 Å². The van der Waals surface area contributed by atoms with Crippen LogP contribution >= 0.6 is 0 Å². The monoisotopic (exact) mass is 361 g/mol. The lowest BCUT2D eigenvalue weighted by molar-refractivity contribution is -0.117. The first kappa shape index (κ1) is 18.6. The molecule has 5 heteroatoms. The Morgan fingerprint density at radius 2 is 1.74 bits per heavy atom. The van der Waals surface area contributed by atoms with Gasteiger partial charge in [0.2, 0.25) is 11.8 Å². The van der Waals surface area contributed by atoms with Gasteiger partial charge in [0.05, 0.1) is 11.2 Å². The molecule has 2 aromatic carbocycles. The average molecular weight is 361 g/mol. The highest BCUT2D eigenvalue weighted by Crippen LogP contribution is 2.22. The second-order valence-electron chi connectivity index (χ2n) is 6.70. The summed E-state index contributed by atoms with van der Waals surface area (Å²) < 4.78 is 0. The predicted octanol–water partition coefficient (Wildman–Crippen LogP) is 4.23. The molecular weight excluding hydrogens is 338 g/mol. The number of aromatic nitrogens is 1. The van der Waals surface area contributed by atoms with Crippen LogP contribution in [0.1, 0.15) is 24.5 Å². The molecule has 0 atom stereocenters. The molecule has 0 aliphatic carbocycles. The Morgan fingerprint density at radius 1 is 1.04 bits per heavy atom. The fourth-order valence-electron chi connectivity index (χ4n) is 3.21. The summed E-state index contributed by atoms with van der Waals surface area (Å²) in [6.07, 6.45) is 1.91. The maximum atomic E-state index is 12.5. The molecule has 138 valence electrons. The maximum absolute atomic E-state index is 12.5. The zero-order valence-corrected chi connectivity index (χ0v) is 15.8. The Balaban J connectivity index is 1.72. The molecule has 3 rings (SSSR count). The fourth-order valence-corrected chi connectivity index (χ4v) is 3.21. The van der Waals surface area contributed by atoms with Gasteiger partial charge < -0.3 is 10.2 Å². The first-order valence-corrected chi connectivity index (χ1v) is 8.94. The minimum Gasteiger partial charge on any atom is -0.324 e. The van der Waals surface area contributed by atoms with Gasteiger partial charge in [0.15, 0.2) is 0 Å². The molecule has 2 amide bonds. The van der Waals surface area contributed by atoms with Crippen molar-refractivity contribution in [3.05, 3.63) is 65.9 Å². The summed E-state index contributed by atoms with van der Waals surface area (Å²) in [5.41, 5.74) is 4.43. The minimum absolute atomic E-state index is 0.0837. The highest BCUT2D eigenvalue weighted by Gasteiger charge is 2.15. The number of carbonyl (C=O) groups is 2. The topological polar surface area (TPSA) is 62.3 Å². The van der Waals surface area contributed by atoms with Crippen molar-refractivity contribution < 1.29 is 9.59 Å². The molecule has 27 heavy (non-hydrogen) atoms. The molecule has 0 aliphatic rings. The molecule has 0 unspecified atom stereocenters. The summed E-state index contributed by atoms with van der Waals surface area (Å²) in [4.78, 5) is 30.6. The summed E-state index contributed by atoms with van der Waals surface area (Å²) in [7, 11) is 0. The van der Waals surface area contributed by atoms with E-state index in [2.05, 4.69) is 16.4 Å². The van der Waals surface area contributed by atoms with Crippen LogP contribution < -0.4 is 10.2 Å². The number of amides is 2. The smallest absolute Gasteiger partial charge is 0.226 e. The highest BCUT2D eigenvalue weighted by atomic mass is 16.2. The lowest BCUT2D eigenvalue weighted by Gasteiger charge is -2.22. The number of pyridine rings is 1. The minimum atomic E-state index is -0.149. The van der Waals surface area contributed by atoms with Gasteiger partial charge in [-0.15, -0.1) is 0 Å². The third-order valence-corrected chi connectivity index (χ3v) is 4.37. The molecular formula is C22H23N3O2. The number of nitrogens with one attached hydrogen (secondary N) is 1. The molecule has 0 radical (unpaired) electrons.